The van der Waals surface area contributed by atoms with Gasteiger partial charge in [-0.1, -0.05) is 266 Å². The number of phosphoric acid groups is 2. The maximum Gasteiger partial charge on any atom is 0.472 e. The standard InChI is InChI=1S/C64H124O17P2/c1-7-11-13-15-16-17-18-19-20-21-22-30-36-42-48-63(68)81-60(53-75-62(67)47-41-35-29-25-23-27-33-38-44-56(5)9-3)55-79-83(72,73)77-51-58(65)50-76-82(70,71)78-54-59(52-74-61(66)46-40-32-14-12-8-2)80-64(69)49-43-37-31-26-24-28-34-39-45-57(6)10-4/h56-60,65H,7-55H2,1-6H3,(H,70,71)(H,72,73)/t56?,57?,58-,59+,60+/m0/s1. The molecule has 0 fully saturated rings. The molecular formula is C64H124O17P2. The molecule has 4 unspecified atom stereocenters. The summed E-state index contributed by atoms with van der Waals surface area (Å²) in [5.74, 6) is -0.597. The molecular weight excluding hydrogens is 1100 g/mol. The number of unbranched alkanes of at least 4 members (excludes halogenated alkanes) is 31. The molecule has 19 heteroatoms. The summed E-state index contributed by atoms with van der Waals surface area (Å²) in [5, 5.41) is 10.5. The maximum absolute atomic E-state index is 13.0. The molecule has 0 bridgehead atoms. The van der Waals surface area contributed by atoms with Gasteiger partial charge in [0.05, 0.1) is 26.4 Å². The highest BCUT2D eigenvalue weighted by Crippen LogP contribution is 2.45. The Kier molecular flexibility index (Phi) is 55.2. The highest BCUT2D eigenvalue weighted by molar-refractivity contribution is 7.47. The number of carbonyl (C=O) groups is 4. The van der Waals surface area contributed by atoms with E-state index in [2.05, 4.69) is 41.5 Å². The Morgan fingerprint density at radius 1 is 0.337 bits per heavy atom. The molecule has 3 N–H and O–H groups in total. The third-order valence-electron chi connectivity index (χ3n) is 15.4. The zero-order valence-corrected chi connectivity index (χ0v) is 55.3. The van der Waals surface area contributed by atoms with Crippen LogP contribution in [0.25, 0.3) is 0 Å². The van der Waals surface area contributed by atoms with Gasteiger partial charge in [-0.3, -0.25) is 37.3 Å². The summed E-state index contributed by atoms with van der Waals surface area (Å²) in [4.78, 5) is 72.0. The van der Waals surface area contributed by atoms with Crippen molar-refractivity contribution in [1.29, 1.82) is 0 Å². The van der Waals surface area contributed by atoms with Gasteiger partial charge in [0.1, 0.15) is 19.3 Å². The molecule has 0 saturated heterocycles. The first-order valence-electron chi connectivity index (χ1n) is 33.6. The molecule has 0 radical (unpaired) electrons. The van der Waals surface area contributed by atoms with Crippen LogP contribution >= 0.6 is 15.6 Å². The summed E-state index contributed by atoms with van der Waals surface area (Å²) in [6, 6.07) is 0. The van der Waals surface area contributed by atoms with Gasteiger partial charge < -0.3 is 33.8 Å². The van der Waals surface area contributed by atoms with E-state index in [9.17, 15) is 43.2 Å². The van der Waals surface area contributed by atoms with Crippen molar-refractivity contribution in [2.45, 2.75) is 336 Å². The van der Waals surface area contributed by atoms with Gasteiger partial charge in [0, 0.05) is 25.7 Å². The lowest BCUT2D eigenvalue weighted by Gasteiger charge is -2.21. The Bertz CT molecular complexity index is 1640. The topological polar surface area (TPSA) is 237 Å². The molecule has 17 nitrogen and oxygen atoms in total. The van der Waals surface area contributed by atoms with Crippen LogP contribution in [0.5, 0.6) is 0 Å². The molecule has 7 atom stereocenters. The first-order valence-corrected chi connectivity index (χ1v) is 36.6. The SMILES string of the molecule is CCCCCCCCCCCCCCCCC(=O)O[C@H](COC(=O)CCCCCCCCCCC(C)CC)COP(=O)(O)OC[C@@H](O)COP(=O)(O)OC[C@@H](COC(=O)CCCCCCC)OC(=O)CCCCCCCCCCC(C)CC. The van der Waals surface area contributed by atoms with Crippen LogP contribution in [0, 0.1) is 11.8 Å². The van der Waals surface area contributed by atoms with Crippen molar-refractivity contribution in [1.82, 2.24) is 0 Å². The molecule has 0 aromatic rings. The van der Waals surface area contributed by atoms with E-state index >= 15 is 0 Å². The van der Waals surface area contributed by atoms with Crippen LogP contribution in [0.1, 0.15) is 318 Å². The summed E-state index contributed by atoms with van der Waals surface area (Å²) in [5.41, 5.74) is 0. The predicted molar refractivity (Wildman–Crippen MR) is 331 cm³/mol. The highest BCUT2D eigenvalue weighted by Gasteiger charge is 2.30. The third kappa shape index (κ3) is 56.3. The molecule has 0 aromatic carbocycles. The van der Waals surface area contributed by atoms with Gasteiger partial charge in [-0.2, -0.15) is 0 Å². The molecule has 492 valence electrons. The average molecular weight is 1230 g/mol. The quantitative estimate of drug-likeness (QED) is 0.0222. The lowest BCUT2D eigenvalue weighted by Crippen LogP contribution is -2.30. The van der Waals surface area contributed by atoms with Crippen molar-refractivity contribution >= 4 is 39.5 Å². The smallest absolute Gasteiger partial charge is 0.462 e. The summed E-state index contributed by atoms with van der Waals surface area (Å²) >= 11 is 0. The van der Waals surface area contributed by atoms with E-state index in [0.29, 0.717) is 25.7 Å². The van der Waals surface area contributed by atoms with Crippen LogP contribution < -0.4 is 0 Å². The second-order valence-corrected chi connectivity index (χ2v) is 26.5. The molecule has 83 heavy (non-hydrogen) atoms. The fourth-order valence-corrected chi connectivity index (χ4v) is 11.0. The van der Waals surface area contributed by atoms with E-state index in [-0.39, 0.29) is 25.7 Å². The molecule has 0 aromatic heterocycles. The van der Waals surface area contributed by atoms with Crippen molar-refractivity contribution in [3.8, 4) is 0 Å². The largest absolute Gasteiger partial charge is 0.472 e. The molecule has 0 rings (SSSR count). The number of aliphatic hydroxyl groups excluding tert-OH is 1. The molecule has 0 aliphatic heterocycles. The average Bonchev–Trinajstić information content (AvgIpc) is 3.46. The van der Waals surface area contributed by atoms with Crippen LogP contribution in [0.2, 0.25) is 0 Å². The van der Waals surface area contributed by atoms with Crippen LogP contribution in [0.4, 0.5) is 0 Å². The number of esters is 4. The van der Waals surface area contributed by atoms with E-state index < -0.39 is 97.5 Å². The lowest BCUT2D eigenvalue weighted by atomic mass is 9.99. The molecule has 0 spiro atoms. The number of ether oxygens (including phenoxy) is 4. The number of aliphatic hydroxyl groups is 1. The molecule has 0 aliphatic carbocycles. The minimum atomic E-state index is -4.94. The van der Waals surface area contributed by atoms with E-state index in [4.69, 9.17) is 37.0 Å². The van der Waals surface area contributed by atoms with Crippen molar-refractivity contribution < 1.29 is 80.2 Å². The third-order valence-corrected chi connectivity index (χ3v) is 17.3. The fourth-order valence-electron chi connectivity index (χ4n) is 9.47. The zero-order chi connectivity index (χ0) is 61.5. The normalized spacial score (nSPS) is 15.0. The fraction of sp³-hybridized carbons (Fsp3) is 0.938. The van der Waals surface area contributed by atoms with Crippen LogP contribution in [0.3, 0.4) is 0 Å². The minimum absolute atomic E-state index is 0.104. The summed E-state index contributed by atoms with van der Waals surface area (Å²) in [6.07, 6.45) is 39.1. The highest BCUT2D eigenvalue weighted by atomic mass is 31.2. The Morgan fingerprint density at radius 3 is 0.855 bits per heavy atom. The van der Waals surface area contributed by atoms with Gasteiger partial charge in [-0.25, -0.2) is 9.13 Å². The van der Waals surface area contributed by atoms with Gasteiger partial charge >= 0.3 is 39.5 Å². The Hall–Kier alpha value is -1.94. The van der Waals surface area contributed by atoms with Crippen molar-refractivity contribution in [3.63, 3.8) is 0 Å². The first kappa shape index (κ1) is 81.1. The number of hydrogen-bond donors (Lipinski definition) is 3. The van der Waals surface area contributed by atoms with E-state index in [0.717, 1.165) is 108 Å². The van der Waals surface area contributed by atoms with Crippen molar-refractivity contribution in [3.05, 3.63) is 0 Å². The van der Waals surface area contributed by atoms with Crippen LogP contribution in [0.15, 0.2) is 0 Å². The minimum Gasteiger partial charge on any atom is -0.462 e. The van der Waals surface area contributed by atoms with E-state index in [1.807, 2.05) is 0 Å². The van der Waals surface area contributed by atoms with Gasteiger partial charge in [0.25, 0.3) is 0 Å². The van der Waals surface area contributed by atoms with E-state index in [1.165, 1.54) is 128 Å². The van der Waals surface area contributed by atoms with Gasteiger partial charge in [-0.15, -0.1) is 0 Å². The van der Waals surface area contributed by atoms with Crippen LogP contribution in [-0.2, 0) is 65.4 Å². The lowest BCUT2D eigenvalue weighted by molar-refractivity contribution is -0.161. The van der Waals surface area contributed by atoms with Gasteiger partial charge in [0.15, 0.2) is 12.2 Å². The summed E-state index contributed by atoms with van der Waals surface area (Å²) in [6.45, 7) is 9.41. The van der Waals surface area contributed by atoms with E-state index in [1.54, 1.807) is 0 Å². The second-order valence-electron chi connectivity index (χ2n) is 23.6. The van der Waals surface area contributed by atoms with Crippen molar-refractivity contribution in [2.75, 3.05) is 39.6 Å². The Balaban J connectivity index is 5.19. The molecule has 0 heterocycles. The second kappa shape index (κ2) is 56.6. The maximum atomic E-state index is 13.0. The Morgan fingerprint density at radius 2 is 0.578 bits per heavy atom. The molecule has 0 saturated carbocycles. The van der Waals surface area contributed by atoms with Gasteiger partial charge in [0.2, 0.25) is 0 Å². The molecule has 0 amide bonds. The van der Waals surface area contributed by atoms with Crippen LogP contribution in [-0.4, -0.2) is 96.7 Å². The number of carbonyl (C=O) groups excluding carboxylic acids is 4. The zero-order valence-electron chi connectivity index (χ0n) is 53.5. The number of phosphoric ester groups is 2. The molecule has 0 aliphatic rings. The number of rotatable bonds is 63. The van der Waals surface area contributed by atoms with Crippen molar-refractivity contribution in [2.24, 2.45) is 11.8 Å². The summed E-state index contributed by atoms with van der Waals surface area (Å²) in [7, 11) is -9.88. The Labute approximate surface area is 505 Å². The summed E-state index contributed by atoms with van der Waals surface area (Å²) < 4.78 is 67.8. The van der Waals surface area contributed by atoms with Gasteiger partial charge in [-0.05, 0) is 37.5 Å². The first-order chi connectivity index (χ1) is 39.9. The monoisotopic (exact) mass is 1230 g/mol. The number of hydrogen-bond acceptors (Lipinski definition) is 15. The predicted octanol–water partition coefficient (Wildman–Crippen LogP) is 17.7.